The van der Waals surface area contributed by atoms with Gasteiger partial charge in [-0.2, -0.15) is 5.10 Å². The number of hydrogen-bond donors (Lipinski definition) is 3. The molecule has 6 heteroatoms. The van der Waals surface area contributed by atoms with Crippen LogP contribution in [0.2, 0.25) is 0 Å². The van der Waals surface area contributed by atoms with Gasteiger partial charge in [0.25, 0.3) is 0 Å². The maximum Gasteiger partial charge on any atom is 0.235 e. The van der Waals surface area contributed by atoms with E-state index < -0.39 is 11.9 Å². The number of carbonyl (C=O) groups excluding carboxylic acids is 1. The Kier molecular flexibility index (Phi) is 4.26. The molecule has 0 saturated carbocycles. The highest BCUT2D eigenvalue weighted by Gasteiger charge is 2.07. The standard InChI is InChI=1S/C9H17N5O/c1-14-7(3-5-13-14)2-4-12-6-8(10)9(11)15/h3,5,8,12H,2,4,6,10H2,1H3,(H2,11,15). The highest BCUT2D eigenvalue weighted by molar-refractivity contribution is 5.79. The van der Waals surface area contributed by atoms with Gasteiger partial charge < -0.3 is 16.8 Å². The zero-order valence-electron chi connectivity index (χ0n) is 8.81. The maximum atomic E-state index is 10.6. The van der Waals surface area contributed by atoms with Gasteiger partial charge in [0.05, 0.1) is 6.04 Å². The molecule has 1 rings (SSSR count). The van der Waals surface area contributed by atoms with Crippen molar-refractivity contribution in [1.29, 1.82) is 0 Å². The fraction of sp³-hybridized carbons (Fsp3) is 0.556. The van der Waals surface area contributed by atoms with E-state index in [2.05, 4.69) is 10.4 Å². The molecule has 1 unspecified atom stereocenters. The number of aromatic nitrogens is 2. The average Bonchev–Trinajstić information content (AvgIpc) is 2.58. The third kappa shape index (κ3) is 3.69. The van der Waals surface area contributed by atoms with Gasteiger partial charge in [0.2, 0.25) is 5.91 Å². The van der Waals surface area contributed by atoms with Crippen LogP contribution in [0, 0.1) is 0 Å². The lowest BCUT2D eigenvalue weighted by Gasteiger charge is -2.08. The average molecular weight is 211 g/mol. The van der Waals surface area contributed by atoms with Crippen molar-refractivity contribution < 1.29 is 4.79 Å². The number of hydrogen-bond acceptors (Lipinski definition) is 4. The second-order valence-corrected chi connectivity index (χ2v) is 3.41. The van der Waals surface area contributed by atoms with Crippen molar-refractivity contribution in [2.45, 2.75) is 12.5 Å². The summed E-state index contributed by atoms with van der Waals surface area (Å²) in [4.78, 5) is 10.6. The Labute approximate surface area is 88.6 Å². The van der Waals surface area contributed by atoms with E-state index in [0.717, 1.165) is 18.7 Å². The van der Waals surface area contributed by atoms with Crippen LogP contribution in [-0.4, -0.2) is 34.8 Å². The molecule has 1 heterocycles. The summed E-state index contributed by atoms with van der Waals surface area (Å²) in [7, 11) is 1.89. The Bertz CT molecular complexity index is 322. The minimum atomic E-state index is -0.614. The van der Waals surface area contributed by atoms with Crippen molar-refractivity contribution in [1.82, 2.24) is 15.1 Å². The Morgan fingerprint density at radius 2 is 2.47 bits per heavy atom. The second-order valence-electron chi connectivity index (χ2n) is 3.41. The van der Waals surface area contributed by atoms with E-state index in [4.69, 9.17) is 11.5 Å². The molecule has 0 saturated heterocycles. The molecule has 0 radical (unpaired) electrons. The lowest BCUT2D eigenvalue weighted by atomic mass is 10.2. The van der Waals surface area contributed by atoms with Gasteiger partial charge in [-0.15, -0.1) is 0 Å². The highest BCUT2D eigenvalue weighted by Crippen LogP contribution is 1.95. The molecular formula is C9H17N5O. The third-order valence-corrected chi connectivity index (χ3v) is 2.21. The van der Waals surface area contributed by atoms with Crippen molar-refractivity contribution in [3.8, 4) is 0 Å². The first kappa shape index (κ1) is 11.7. The minimum absolute atomic E-state index is 0.410. The van der Waals surface area contributed by atoms with E-state index in [1.54, 1.807) is 6.20 Å². The number of carbonyl (C=O) groups is 1. The highest BCUT2D eigenvalue weighted by atomic mass is 16.1. The Morgan fingerprint density at radius 1 is 1.73 bits per heavy atom. The van der Waals surface area contributed by atoms with E-state index in [9.17, 15) is 4.79 Å². The lowest BCUT2D eigenvalue weighted by Crippen LogP contribution is -2.44. The number of aryl methyl sites for hydroxylation is 1. The predicted octanol–water partition coefficient (Wildman–Crippen LogP) is -1.64. The number of amides is 1. The van der Waals surface area contributed by atoms with Gasteiger partial charge in [-0.05, 0) is 6.07 Å². The number of nitrogens with two attached hydrogens (primary N) is 2. The summed E-state index contributed by atoms with van der Waals surface area (Å²) in [5.74, 6) is -0.483. The fourth-order valence-electron chi connectivity index (χ4n) is 1.22. The number of nitrogens with zero attached hydrogens (tertiary/aromatic N) is 2. The summed E-state index contributed by atoms with van der Waals surface area (Å²) in [6.45, 7) is 1.16. The van der Waals surface area contributed by atoms with Gasteiger partial charge in [-0.25, -0.2) is 0 Å². The first-order valence-corrected chi connectivity index (χ1v) is 4.83. The molecule has 0 aliphatic rings. The van der Waals surface area contributed by atoms with Crippen molar-refractivity contribution in [2.75, 3.05) is 13.1 Å². The topological polar surface area (TPSA) is 99.0 Å². The van der Waals surface area contributed by atoms with Crippen LogP contribution < -0.4 is 16.8 Å². The van der Waals surface area contributed by atoms with Crippen molar-refractivity contribution in [3.05, 3.63) is 18.0 Å². The molecule has 0 fully saturated rings. The van der Waals surface area contributed by atoms with Crippen LogP contribution in [-0.2, 0) is 18.3 Å². The third-order valence-electron chi connectivity index (χ3n) is 2.21. The normalized spacial score (nSPS) is 12.7. The fourth-order valence-corrected chi connectivity index (χ4v) is 1.22. The quantitative estimate of drug-likeness (QED) is 0.492. The van der Waals surface area contributed by atoms with Crippen LogP contribution in [0.5, 0.6) is 0 Å². The monoisotopic (exact) mass is 211 g/mol. The molecule has 1 atom stereocenters. The summed E-state index contributed by atoms with van der Waals surface area (Å²) in [6.07, 6.45) is 2.60. The Morgan fingerprint density at radius 3 is 3.00 bits per heavy atom. The molecule has 1 amide bonds. The number of primary amides is 1. The first-order chi connectivity index (χ1) is 7.11. The molecule has 0 bridgehead atoms. The molecule has 84 valence electrons. The first-order valence-electron chi connectivity index (χ1n) is 4.83. The van der Waals surface area contributed by atoms with E-state index in [-0.39, 0.29) is 0 Å². The van der Waals surface area contributed by atoms with E-state index >= 15 is 0 Å². The van der Waals surface area contributed by atoms with Gasteiger partial charge in [-0.1, -0.05) is 0 Å². The molecule has 0 aliphatic heterocycles. The molecule has 5 N–H and O–H groups in total. The van der Waals surface area contributed by atoms with E-state index in [1.807, 2.05) is 17.8 Å². The molecule has 0 aromatic carbocycles. The molecule has 1 aromatic rings. The van der Waals surface area contributed by atoms with Crippen LogP contribution in [0.1, 0.15) is 5.69 Å². The predicted molar refractivity (Wildman–Crippen MR) is 57.0 cm³/mol. The lowest BCUT2D eigenvalue weighted by molar-refractivity contribution is -0.119. The van der Waals surface area contributed by atoms with Crippen molar-refractivity contribution in [2.24, 2.45) is 18.5 Å². The summed E-state index contributed by atoms with van der Waals surface area (Å²) in [5.41, 5.74) is 11.6. The number of nitrogens with one attached hydrogen (secondary N) is 1. The Balaban J connectivity index is 2.17. The van der Waals surface area contributed by atoms with Gasteiger partial charge in [0.15, 0.2) is 0 Å². The zero-order valence-corrected chi connectivity index (χ0v) is 8.81. The number of rotatable bonds is 6. The van der Waals surface area contributed by atoms with Crippen LogP contribution >= 0.6 is 0 Å². The van der Waals surface area contributed by atoms with Crippen molar-refractivity contribution in [3.63, 3.8) is 0 Å². The summed E-state index contributed by atoms with van der Waals surface area (Å²) in [6, 6.07) is 1.34. The maximum absolute atomic E-state index is 10.6. The van der Waals surface area contributed by atoms with Crippen LogP contribution in [0.25, 0.3) is 0 Å². The van der Waals surface area contributed by atoms with Gasteiger partial charge >= 0.3 is 0 Å². The molecule has 1 aromatic heterocycles. The van der Waals surface area contributed by atoms with E-state index in [1.165, 1.54) is 0 Å². The van der Waals surface area contributed by atoms with Gasteiger partial charge in [-0.3, -0.25) is 9.48 Å². The SMILES string of the molecule is Cn1nccc1CCNCC(N)C(N)=O. The molecule has 15 heavy (non-hydrogen) atoms. The molecule has 0 aliphatic carbocycles. The second kappa shape index (κ2) is 5.47. The largest absolute Gasteiger partial charge is 0.368 e. The minimum Gasteiger partial charge on any atom is -0.368 e. The summed E-state index contributed by atoms with van der Waals surface area (Å²) in [5, 5.41) is 7.11. The zero-order chi connectivity index (χ0) is 11.3. The summed E-state index contributed by atoms with van der Waals surface area (Å²) >= 11 is 0. The van der Waals surface area contributed by atoms with Crippen LogP contribution in [0.15, 0.2) is 12.3 Å². The van der Waals surface area contributed by atoms with Crippen molar-refractivity contribution >= 4 is 5.91 Å². The van der Waals surface area contributed by atoms with E-state index in [0.29, 0.717) is 6.54 Å². The Hall–Kier alpha value is -1.40. The molecular weight excluding hydrogens is 194 g/mol. The van der Waals surface area contributed by atoms with Gasteiger partial charge in [0, 0.05) is 38.4 Å². The van der Waals surface area contributed by atoms with Crippen LogP contribution in [0.3, 0.4) is 0 Å². The smallest absolute Gasteiger partial charge is 0.235 e. The van der Waals surface area contributed by atoms with Crippen LogP contribution in [0.4, 0.5) is 0 Å². The summed E-state index contributed by atoms with van der Waals surface area (Å²) < 4.78 is 1.82. The van der Waals surface area contributed by atoms with Gasteiger partial charge in [0.1, 0.15) is 0 Å². The molecule has 6 nitrogen and oxygen atoms in total. The molecule has 0 spiro atoms.